The Bertz CT molecular complexity index is 223. The largest absolute Gasteiger partial charge is 0.304 e. The molecule has 0 atom stereocenters. The highest BCUT2D eigenvalue weighted by atomic mass is 32.2. The lowest BCUT2D eigenvalue weighted by atomic mass is 10.4. The predicted molar refractivity (Wildman–Crippen MR) is 52.6 cm³/mol. The van der Waals surface area contributed by atoms with Gasteiger partial charge in [0.05, 0.1) is 12.2 Å². The molecule has 0 bridgehead atoms. The van der Waals surface area contributed by atoms with Gasteiger partial charge in [0, 0.05) is 18.5 Å². The summed E-state index contributed by atoms with van der Waals surface area (Å²) in [6.07, 6.45) is 1.88. The number of aliphatic imine (C=N–C) groups is 1. The fourth-order valence-electron chi connectivity index (χ4n) is 0.826. The fraction of sp³-hybridized carbons (Fsp3) is 0.500. The summed E-state index contributed by atoms with van der Waals surface area (Å²) in [5.74, 6) is 1.11. The van der Waals surface area contributed by atoms with E-state index in [1.807, 2.05) is 11.6 Å². The summed E-state index contributed by atoms with van der Waals surface area (Å²) in [7, 11) is 0. The lowest BCUT2D eigenvalue weighted by Crippen LogP contribution is -2.23. The van der Waals surface area contributed by atoms with Crippen LogP contribution in [-0.4, -0.2) is 30.8 Å². The Morgan fingerprint density at radius 2 is 2.67 bits per heavy atom. The van der Waals surface area contributed by atoms with E-state index < -0.39 is 0 Å². The lowest BCUT2D eigenvalue weighted by Gasteiger charge is -2.05. The van der Waals surface area contributed by atoms with Gasteiger partial charge >= 0.3 is 0 Å². The second-order valence-electron chi connectivity index (χ2n) is 2.56. The van der Waals surface area contributed by atoms with E-state index in [0.717, 1.165) is 11.4 Å². The maximum atomic E-state index is 10.6. The van der Waals surface area contributed by atoms with Crippen LogP contribution in [0.3, 0.4) is 0 Å². The van der Waals surface area contributed by atoms with Gasteiger partial charge in [-0.05, 0) is 12.3 Å². The third kappa shape index (κ3) is 3.69. The number of nitrogens with zero attached hydrogens (tertiary/aromatic N) is 1. The summed E-state index contributed by atoms with van der Waals surface area (Å²) in [4.78, 5) is 14.7. The van der Waals surface area contributed by atoms with Gasteiger partial charge in [-0.15, -0.1) is 11.8 Å². The van der Waals surface area contributed by atoms with Crippen LogP contribution in [0.2, 0.25) is 0 Å². The zero-order valence-corrected chi connectivity index (χ0v) is 7.86. The normalized spacial score (nSPS) is 15.9. The van der Waals surface area contributed by atoms with E-state index >= 15 is 0 Å². The predicted octanol–water partition coefficient (Wildman–Crippen LogP) is 0.824. The van der Waals surface area contributed by atoms with Crippen molar-refractivity contribution in [3.63, 3.8) is 0 Å². The van der Waals surface area contributed by atoms with Crippen LogP contribution in [0, 0.1) is 0 Å². The van der Waals surface area contributed by atoms with Crippen molar-refractivity contribution >= 4 is 23.8 Å². The van der Waals surface area contributed by atoms with Crippen molar-refractivity contribution in [2.45, 2.75) is 6.92 Å². The molecule has 0 aromatic rings. The van der Waals surface area contributed by atoms with E-state index in [1.54, 1.807) is 18.7 Å². The van der Waals surface area contributed by atoms with Crippen molar-refractivity contribution in [2.24, 2.45) is 4.99 Å². The number of thioether (sulfide) groups is 1. The molecular weight excluding hydrogens is 172 g/mol. The summed E-state index contributed by atoms with van der Waals surface area (Å²) < 4.78 is 0. The quantitative estimate of drug-likeness (QED) is 0.703. The van der Waals surface area contributed by atoms with Gasteiger partial charge < -0.3 is 5.32 Å². The molecular formula is C8H12N2OS. The number of Topliss-reactive ketones (excluding diaryl/α,β-unsaturated/α-hetero) is 1. The Balaban J connectivity index is 2.18. The first-order valence-electron chi connectivity index (χ1n) is 3.82. The molecule has 1 heterocycles. The Morgan fingerprint density at radius 3 is 3.25 bits per heavy atom. The first kappa shape index (κ1) is 9.48. The van der Waals surface area contributed by atoms with E-state index in [4.69, 9.17) is 0 Å². The van der Waals surface area contributed by atoms with Crippen molar-refractivity contribution < 1.29 is 4.79 Å². The first-order valence-corrected chi connectivity index (χ1v) is 4.87. The van der Waals surface area contributed by atoms with Gasteiger partial charge in [-0.25, -0.2) is 0 Å². The monoisotopic (exact) mass is 184 g/mol. The van der Waals surface area contributed by atoms with Gasteiger partial charge in [-0.1, -0.05) is 0 Å². The average molecular weight is 184 g/mol. The molecule has 0 spiro atoms. The highest BCUT2D eigenvalue weighted by Crippen LogP contribution is 2.10. The van der Waals surface area contributed by atoms with Crippen LogP contribution < -0.4 is 5.32 Å². The summed E-state index contributed by atoms with van der Waals surface area (Å²) in [5.41, 5.74) is 1.01. The minimum Gasteiger partial charge on any atom is -0.304 e. The third-order valence-electron chi connectivity index (χ3n) is 1.33. The standard InChI is InChI=1S/C8H12N2OS/c1-7(11)4-9-5-8-6-12-3-2-10-8/h2,6,9H,3-5H2,1H3. The molecule has 1 aliphatic heterocycles. The Morgan fingerprint density at radius 1 is 1.83 bits per heavy atom. The van der Waals surface area contributed by atoms with E-state index in [2.05, 4.69) is 10.3 Å². The van der Waals surface area contributed by atoms with E-state index in [-0.39, 0.29) is 5.78 Å². The van der Waals surface area contributed by atoms with Gasteiger partial charge in [-0.2, -0.15) is 0 Å². The zero-order valence-electron chi connectivity index (χ0n) is 7.04. The summed E-state index contributed by atoms with van der Waals surface area (Å²) in [6.45, 7) is 2.68. The number of hydrogen-bond donors (Lipinski definition) is 1. The number of carbonyl (C=O) groups excluding carboxylic acids is 1. The molecule has 3 nitrogen and oxygen atoms in total. The van der Waals surface area contributed by atoms with Crippen molar-refractivity contribution in [3.8, 4) is 0 Å². The molecule has 1 aliphatic rings. The number of carbonyl (C=O) groups is 1. The maximum Gasteiger partial charge on any atom is 0.143 e. The Labute approximate surface area is 76.3 Å². The molecule has 0 fully saturated rings. The Hall–Kier alpha value is -0.610. The van der Waals surface area contributed by atoms with Crippen LogP contribution in [0.15, 0.2) is 16.1 Å². The second kappa shape index (κ2) is 5.11. The number of hydrogen-bond acceptors (Lipinski definition) is 4. The van der Waals surface area contributed by atoms with Crippen molar-refractivity contribution in [1.29, 1.82) is 0 Å². The van der Waals surface area contributed by atoms with Crippen LogP contribution in [0.4, 0.5) is 0 Å². The number of rotatable bonds is 4. The SMILES string of the molecule is CC(=O)CNCC1=CSCC=N1. The molecule has 0 unspecified atom stereocenters. The van der Waals surface area contributed by atoms with Crippen molar-refractivity contribution in [2.75, 3.05) is 18.8 Å². The molecule has 0 amide bonds. The molecule has 0 radical (unpaired) electrons. The minimum atomic E-state index is 0.156. The van der Waals surface area contributed by atoms with Crippen molar-refractivity contribution in [3.05, 3.63) is 11.1 Å². The molecule has 0 aliphatic carbocycles. The van der Waals surface area contributed by atoms with Crippen LogP contribution >= 0.6 is 11.8 Å². The van der Waals surface area contributed by atoms with E-state index in [0.29, 0.717) is 13.1 Å². The third-order valence-corrected chi connectivity index (χ3v) is 2.11. The van der Waals surface area contributed by atoms with E-state index in [9.17, 15) is 4.79 Å². The molecule has 0 aromatic carbocycles. The average Bonchev–Trinajstić information content (AvgIpc) is 2.05. The molecule has 66 valence electrons. The summed E-state index contributed by atoms with van der Waals surface area (Å²) >= 11 is 1.73. The molecule has 12 heavy (non-hydrogen) atoms. The minimum absolute atomic E-state index is 0.156. The topological polar surface area (TPSA) is 41.5 Å². The van der Waals surface area contributed by atoms with Gasteiger partial charge in [0.15, 0.2) is 0 Å². The fourth-order valence-corrected chi connectivity index (χ4v) is 1.42. The van der Waals surface area contributed by atoms with Crippen LogP contribution in [0.25, 0.3) is 0 Å². The summed E-state index contributed by atoms with van der Waals surface area (Å²) in [5, 5.41) is 5.03. The summed E-state index contributed by atoms with van der Waals surface area (Å²) in [6, 6.07) is 0. The van der Waals surface area contributed by atoms with Crippen LogP contribution in [0.1, 0.15) is 6.92 Å². The van der Waals surface area contributed by atoms with Gasteiger partial charge in [-0.3, -0.25) is 9.79 Å². The van der Waals surface area contributed by atoms with Gasteiger partial charge in [0.1, 0.15) is 5.78 Å². The second-order valence-corrected chi connectivity index (χ2v) is 3.46. The van der Waals surface area contributed by atoms with Gasteiger partial charge in [0.25, 0.3) is 0 Å². The van der Waals surface area contributed by atoms with Gasteiger partial charge in [0.2, 0.25) is 0 Å². The molecule has 1 rings (SSSR count). The Kier molecular flexibility index (Phi) is 4.04. The highest BCUT2D eigenvalue weighted by molar-refractivity contribution is 8.02. The van der Waals surface area contributed by atoms with Crippen molar-refractivity contribution in [1.82, 2.24) is 5.32 Å². The van der Waals surface area contributed by atoms with Crippen LogP contribution in [-0.2, 0) is 4.79 Å². The number of nitrogens with one attached hydrogen (secondary N) is 1. The number of ketones is 1. The molecule has 4 heteroatoms. The maximum absolute atomic E-state index is 10.6. The highest BCUT2D eigenvalue weighted by Gasteiger charge is 1.98. The zero-order chi connectivity index (χ0) is 8.81. The molecule has 0 aromatic heterocycles. The molecule has 1 N–H and O–H groups in total. The van der Waals surface area contributed by atoms with E-state index in [1.165, 1.54) is 0 Å². The smallest absolute Gasteiger partial charge is 0.143 e. The first-order chi connectivity index (χ1) is 5.79. The molecule has 0 saturated carbocycles. The van der Waals surface area contributed by atoms with Crippen LogP contribution in [0.5, 0.6) is 0 Å². The lowest BCUT2D eigenvalue weighted by molar-refractivity contribution is -0.116. The molecule has 0 saturated heterocycles.